The number of hydrogen-bond acceptors (Lipinski definition) is 4. The molecule has 0 bridgehead atoms. The fraction of sp³-hybridized carbons (Fsp3) is 0.538. The first-order chi connectivity index (χ1) is 9.58. The van der Waals surface area contributed by atoms with Gasteiger partial charge in [-0.3, -0.25) is 10.1 Å². The lowest BCUT2D eigenvalue weighted by atomic mass is 10.2. The first kappa shape index (κ1) is 15.0. The Kier molecular flexibility index (Phi) is 5.14. The SMILES string of the molecule is O=[N+]([O-])c1cc(Cl)c(F)cc1NCCCOCC1CC1. The molecule has 1 saturated carbocycles. The summed E-state index contributed by atoms with van der Waals surface area (Å²) >= 11 is 5.54. The zero-order chi connectivity index (χ0) is 14.5. The normalized spacial score (nSPS) is 14.3. The lowest BCUT2D eigenvalue weighted by molar-refractivity contribution is -0.384. The molecule has 0 amide bonds. The largest absolute Gasteiger partial charge is 0.381 e. The molecule has 1 aromatic rings. The molecule has 0 radical (unpaired) electrons. The van der Waals surface area contributed by atoms with Gasteiger partial charge in [0.05, 0.1) is 9.95 Å². The van der Waals surface area contributed by atoms with E-state index in [0.717, 1.165) is 24.7 Å². The lowest BCUT2D eigenvalue weighted by Crippen LogP contribution is -2.08. The minimum atomic E-state index is -0.676. The Morgan fingerprint density at radius 1 is 1.50 bits per heavy atom. The van der Waals surface area contributed by atoms with Crippen molar-refractivity contribution in [1.82, 2.24) is 0 Å². The highest BCUT2D eigenvalue weighted by Gasteiger charge is 2.21. The Balaban J connectivity index is 1.81. The number of rotatable bonds is 8. The number of benzene rings is 1. The standard InChI is InChI=1S/C13H16ClFN2O3/c14-10-6-13(17(18)19)12(7-11(10)15)16-4-1-5-20-8-9-2-3-9/h6-7,9,16H,1-5,8H2. The fourth-order valence-electron chi connectivity index (χ4n) is 1.76. The predicted molar refractivity (Wildman–Crippen MR) is 74.7 cm³/mol. The van der Waals surface area contributed by atoms with Crippen molar-refractivity contribution in [3.63, 3.8) is 0 Å². The van der Waals surface area contributed by atoms with Crippen LogP contribution >= 0.6 is 11.6 Å². The van der Waals surface area contributed by atoms with Crippen LogP contribution < -0.4 is 5.32 Å². The van der Waals surface area contributed by atoms with Crippen LogP contribution in [0.4, 0.5) is 15.8 Å². The minimum Gasteiger partial charge on any atom is -0.381 e. The quantitative estimate of drug-likeness (QED) is 0.452. The van der Waals surface area contributed by atoms with E-state index in [2.05, 4.69) is 5.32 Å². The van der Waals surface area contributed by atoms with E-state index < -0.39 is 10.7 Å². The first-order valence-corrected chi connectivity index (χ1v) is 6.91. The van der Waals surface area contributed by atoms with E-state index in [9.17, 15) is 14.5 Å². The van der Waals surface area contributed by atoms with E-state index in [1.54, 1.807) is 0 Å². The molecule has 20 heavy (non-hydrogen) atoms. The molecule has 110 valence electrons. The average Bonchev–Trinajstić information content (AvgIpc) is 3.21. The van der Waals surface area contributed by atoms with Gasteiger partial charge in [0.2, 0.25) is 0 Å². The zero-order valence-electron chi connectivity index (χ0n) is 10.9. The van der Waals surface area contributed by atoms with E-state index >= 15 is 0 Å². The van der Waals surface area contributed by atoms with Gasteiger partial charge in [-0.25, -0.2) is 4.39 Å². The molecular weight excluding hydrogens is 287 g/mol. The van der Waals surface area contributed by atoms with Crippen molar-refractivity contribution in [2.75, 3.05) is 25.1 Å². The highest BCUT2D eigenvalue weighted by molar-refractivity contribution is 6.31. The molecule has 0 saturated heterocycles. The van der Waals surface area contributed by atoms with Crippen molar-refractivity contribution >= 4 is 23.0 Å². The van der Waals surface area contributed by atoms with Crippen molar-refractivity contribution in [1.29, 1.82) is 0 Å². The third-order valence-corrected chi connectivity index (χ3v) is 3.36. The molecule has 0 spiro atoms. The van der Waals surface area contributed by atoms with E-state index in [1.807, 2.05) is 0 Å². The molecule has 0 unspecified atom stereocenters. The van der Waals surface area contributed by atoms with Crippen LogP contribution in [0.25, 0.3) is 0 Å². The Hall–Kier alpha value is -1.40. The van der Waals surface area contributed by atoms with Crippen LogP contribution in [-0.2, 0) is 4.74 Å². The molecular formula is C13H16ClFN2O3. The van der Waals surface area contributed by atoms with Gasteiger partial charge in [0, 0.05) is 31.9 Å². The van der Waals surface area contributed by atoms with Gasteiger partial charge < -0.3 is 10.1 Å². The summed E-state index contributed by atoms with van der Waals surface area (Å²) < 4.78 is 18.8. The summed E-state index contributed by atoms with van der Waals surface area (Å²) in [5.41, 5.74) is -0.0885. The third-order valence-electron chi connectivity index (χ3n) is 3.07. The van der Waals surface area contributed by atoms with Gasteiger partial charge in [0.25, 0.3) is 5.69 Å². The van der Waals surface area contributed by atoms with E-state index in [1.165, 1.54) is 12.8 Å². The summed E-state index contributed by atoms with van der Waals surface area (Å²) in [7, 11) is 0. The number of nitro groups is 1. The summed E-state index contributed by atoms with van der Waals surface area (Å²) in [5.74, 6) is 0.0409. The van der Waals surface area contributed by atoms with Crippen LogP contribution in [-0.4, -0.2) is 24.7 Å². The van der Waals surface area contributed by atoms with Crippen molar-refractivity contribution < 1.29 is 14.1 Å². The van der Waals surface area contributed by atoms with Crippen molar-refractivity contribution in [2.24, 2.45) is 5.92 Å². The number of halogens is 2. The molecule has 1 fully saturated rings. The van der Waals surface area contributed by atoms with E-state index in [-0.39, 0.29) is 16.4 Å². The highest BCUT2D eigenvalue weighted by atomic mass is 35.5. The molecule has 1 aromatic carbocycles. The number of anilines is 1. The summed E-state index contributed by atoms with van der Waals surface area (Å²) in [5, 5.41) is 13.5. The number of nitrogens with one attached hydrogen (secondary N) is 1. The summed E-state index contributed by atoms with van der Waals surface area (Å²) in [6.45, 7) is 1.86. The number of nitro benzene ring substituents is 1. The fourth-order valence-corrected chi connectivity index (χ4v) is 1.92. The smallest absolute Gasteiger partial charge is 0.294 e. The average molecular weight is 303 g/mol. The lowest BCUT2D eigenvalue weighted by Gasteiger charge is -2.08. The predicted octanol–water partition coefficient (Wildman–Crippen LogP) is 3.62. The van der Waals surface area contributed by atoms with Crippen LogP contribution in [0.5, 0.6) is 0 Å². The van der Waals surface area contributed by atoms with E-state index in [4.69, 9.17) is 16.3 Å². The van der Waals surface area contributed by atoms with Gasteiger partial charge in [-0.2, -0.15) is 0 Å². The van der Waals surface area contributed by atoms with Gasteiger partial charge >= 0.3 is 0 Å². The second-order valence-corrected chi connectivity index (χ2v) is 5.25. The molecule has 2 rings (SSSR count). The number of ether oxygens (including phenoxy) is 1. The highest BCUT2D eigenvalue weighted by Crippen LogP contribution is 2.30. The second-order valence-electron chi connectivity index (χ2n) is 4.84. The molecule has 1 aliphatic rings. The maximum atomic E-state index is 13.3. The zero-order valence-corrected chi connectivity index (χ0v) is 11.7. The molecule has 7 heteroatoms. The third kappa shape index (κ3) is 4.31. The molecule has 5 nitrogen and oxygen atoms in total. The summed E-state index contributed by atoms with van der Waals surface area (Å²) in [6.07, 6.45) is 3.19. The van der Waals surface area contributed by atoms with Gasteiger partial charge in [0.15, 0.2) is 0 Å². The second kappa shape index (κ2) is 6.85. The van der Waals surface area contributed by atoms with Crippen LogP contribution in [0.1, 0.15) is 19.3 Å². The molecule has 0 heterocycles. The van der Waals surface area contributed by atoms with Crippen LogP contribution in [0.15, 0.2) is 12.1 Å². The Morgan fingerprint density at radius 3 is 2.90 bits per heavy atom. The first-order valence-electron chi connectivity index (χ1n) is 6.53. The Morgan fingerprint density at radius 2 is 2.25 bits per heavy atom. The molecule has 0 atom stereocenters. The van der Waals surface area contributed by atoms with Crippen molar-refractivity contribution in [3.05, 3.63) is 33.1 Å². The van der Waals surface area contributed by atoms with Gasteiger partial charge in [-0.15, -0.1) is 0 Å². The van der Waals surface area contributed by atoms with Crippen LogP contribution in [0.2, 0.25) is 5.02 Å². The summed E-state index contributed by atoms with van der Waals surface area (Å²) in [4.78, 5) is 10.3. The van der Waals surface area contributed by atoms with Gasteiger partial charge in [-0.05, 0) is 25.2 Å². The summed E-state index contributed by atoms with van der Waals surface area (Å²) in [6, 6.07) is 2.06. The minimum absolute atomic E-state index is 0.138. The molecule has 0 aliphatic heterocycles. The van der Waals surface area contributed by atoms with Gasteiger partial charge in [-0.1, -0.05) is 11.6 Å². The number of nitrogens with zero attached hydrogens (tertiary/aromatic N) is 1. The van der Waals surface area contributed by atoms with Crippen molar-refractivity contribution in [3.8, 4) is 0 Å². The Bertz CT molecular complexity index is 495. The molecule has 0 aromatic heterocycles. The van der Waals surface area contributed by atoms with E-state index in [0.29, 0.717) is 19.6 Å². The number of hydrogen-bond donors (Lipinski definition) is 1. The maximum absolute atomic E-state index is 13.3. The monoisotopic (exact) mass is 302 g/mol. The molecule has 1 N–H and O–H groups in total. The topological polar surface area (TPSA) is 64.4 Å². The Labute approximate surface area is 121 Å². The van der Waals surface area contributed by atoms with Crippen molar-refractivity contribution in [2.45, 2.75) is 19.3 Å². The van der Waals surface area contributed by atoms with Crippen LogP contribution in [0.3, 0.4) is 0 Å². The maximum Gasteiger partial charge on any atom is 0.294 e. The van der Waals surface area contributed by atoms with Gasteiger partial charge in [0.1, 0.15) is 11.5 Å². The molecule has 1 aliphatic carbocycles. The van der Waals surface area contributed by atoms with Crippen LogP contribution in [0, 0.1) is 21.8 Å².